The number of hydrogen-bond acceptors (Lipinski definition) is 4. The van der Waals surface area contributed by atoms with Crippen LogP contribution in [0.1, 0.15) is 17.4 Å². The Labute approximate surface area is 88.6 Å². The molecule has 0 aliphatic carbocycles. The summed E-state index contributed by atoms with van der Waals surface area (Å²) in [7, 11) is 1.94. The van der Waals surface area contributed by atoms with Gasteiger partial charge < -0.3 is 15.1 Å². The van der Waals surface area contributed by atoms with E-state index in [0.29, 0.717) is 6.54 Å². The number of aliphatic hydroxyl groups excluding tert-OH is 2. The summed E-state index contributed by atoms with van der Waals surface area (Å²) in [6, 6.07) is 3.89. The van der Waals surface area contributed by atoms with Crippen LogP contribution in [0.2, 0.25) is 0 Å². The van der Waals surface area contributed by atoms with Gasteiger partial charge in [0.2, 0.25) is 0 Å². The van der Waals surface area contributed by atoms with Crippen LogP contribution < -0.4 is 0 Å². The lowest BCUT2D eigenvalue weighted by molar-refractivity contribution is 0.144. The van der Waals surface area contributed by atoms with Gasteiger partial charge >= 0.3 is 0 Å². The van der Waals surface area contributed by atoms with Crippen LogP contribution in [0.3, 0.4) is 0 Å². The van der Waals surface area contributed by atoms with Crippen LogP contribution in [0.15, 0.2) is 17.5 Å². The van der Waals surface area contributed by atoms with E-state index in [-0.39, 0.29) is 12.7 Å². The fourth-order valence-corrected chi connectivity index (χ4v) is 1.99. The van der Waals surface area contributed by atoms with E-state index < -0.39 is 0 Å². The molecule has 0 aliphatic heterocycles. The highest BCUT2D eigenvalue weighted by Gasteiger charge is 2.09. The molecule has 14 heavy (non-hydrogen) atoms. The highest BCUT2D eigenvalue weighted by Crippen LogP contribution is 2.21. The molecule has 0 saturated carbocycles. The van der Waals surface area contributed by atoms with Crippen molar-refractivity contribution < 1.29 is 10.2 Å². The van der Waals surface area contributed by atoms with Crippen molar-refractivity contribution in [2.75, 3.05) is 26.7 Å². The first-order valence-corrected chi connectivity index (χ1v) is 5.63. The smallest absolute Gasteiger partial charge is 0.0894 e. The summed E-state index contributed by atoms with van der Waals surface area (Å²) in [5.74, 6) is 0. The minimum Gasteiger partial charge on any atom is -0.395 e. The van der Waals surface area contributed by atoms with Crippen LogP contribution in [0.5, 0.6) is 0 Å². The molecule has 1 atom stereocenters. The second kappa shape index (κ2) is 6.14. The molecule has 0 saturated heterocycles. The summed E-state index contributed by atoms with van der Waals surface area (Å²) >= 11 is 1.58. The van der Waals surface area contributed by atoms with E-state index in [4.69, 9.17) is 5.11 Å². The molecule has 0 spiro atoms. The number of likely N-dealkylation sites (N-methyl/N-ethyl adjacent to an activating group) is 1. The minimum absolute atomic E-state index is 0.172. The van der Waals surface area contributed by atoms with Crippen LogP contribution in [0.25, 0.3) is 0 Å². The van der Waals surface area contributed by atoms with E-state index >= 15 is 0 Å². The summed E-state index contributed by atoms with van der Waals surface area (Å²) in [5, 5.41) is 20.4. The Morgan fingerprint density at radius 3 is 2.86 bits per heavy atom. The molecule has 1 aromatic rings. The third-order valence-electron chi connectivity index (χ3n) is 2.14. The lowest BCUT2D eigenvalue weighted by Crippen LogP contribution is -2.24. The fraction of sp³-hybridized carbons (Fsp3) is 0.600. The maximum Gasteiger partial charge on any atom is 0.0894 e. The lowest BCUT2D eigenvalue weighted by atomic mass is 10.2. The van der Waals surface area contributed by atoms with Crippen LogP contribution in [-0.4, -0.2) is 41.9 Å². The van der Waals surface area contributed by atoms with Crippen molar-refractivity contribution >= 4 is 11.3 Å². The molecule has 0 amide bonds. The van der Waals surface area contributed by atoms with Gasteiger partial charge in [-0.15, -0.1) is 11.3 Å². The SMILES string of the molecule is CN(CCO)CCC(O)c1cccs1. The van der Waals surface area contributed by atoms with Gasteiger partial charge in [0.15, 0.2) is 0 Å². The number of aliphatic hydroxyl groups is 2. The summed E-state index contributed by atoms with van der Waals surface area (Å²) in [5.41, 5.74) is 0. The Bertz CT molecular complexity index is 238. The molecule has 1 heterocycles. The van der Waals surface area contributed by atoms with Gasteiger partial charge in [-0.05, 0) is 24.9 Å². The van der Waals surface area contributed by atoms with Crippen molar-refractivity contribution in [2.45, 2.75) is 12.5 Å². The van der Waals surface area contributed by atoms with E-state index in [2.05, 4.69) is 0 Å². The average Bonchev–Trinajstić information content (AvgIpc) is 2.67. The van der Waals surface area contributed by atoms with Crippen molar-refractivity contribution in [3.8, 4) is 0 Å². The van der Waals surface area contributed by atoms with Crippen LogP contribution in [0, 0.1) is 0 Å². The number of hydrogen-bond donors (Lipinski definition) is 2. The topological polar surface area (TPSA) is 43.7 Å². The van der Waals surface area contributed by atoms with Crippen LogP contribution in [0.4, 0.5) is 0 Å². The summed E-state index contributed by atoms with van der Waals surface area (Å²) in [6.45, 7) is 1.64. The maximum absolute atomic E-state index is 9.75. The maximum atomic E-state index is 9.75. The van der Waals surface area contributed by atoms with Gasteiger partial charge in [0.25, 0.3) is 0 Å². The molecule has 0 fully saturated rings. The third kappa shape index (κ3) is 3.75. The molecule has 1 unspecified atom stereocenters. The van der Waals surface area contributed by atoms with Gasteiger partial charge in [0.1, 0.15) is 0 Å². The Hall–Kier alpha value is -0.420. The minimum atomic E-state index is -0.365. The molecule has 80 valence electrons. The fourth-order valence-electron chi connectivity index (χ4n) is 1.25. The third-order valence-corrected chi connectivity index (χ3v) is 3.11. The first kappa shape index (κ1) is 11.7. The summed E-state index contributed by atoms with van der Waals surface area (Å²) in [6.07, 6.45) is 0.355. The molecule has 3 nitrogen and oxygen atoms in total. The zero-order valence-electron chi connectivity index (χ0n) is 8.39. The number of nitrogens with zero attached hydrogens (tertiary/aromatic N) is 1. The van der Waals surface area contributed by atoms with Gasteiger partial charge in [-0.1, -0.05) is 6.07 Å². The van der Waals surface area contributed by atoms with Gasteiger partial charge in [-0.3, -0.25) is 0 Å². The quantitative estimate of drug-likeness (QED) is 0.746. The highest BCUT2D eigenvalue weighted by atomic mass is 32.1. The summed E-state index contributed by atoms with van der Waals surface area (Å²) in [4.78, 5) is 3.03. The monoisotopic (exact) mass is 215 g/mol. The number of thiophene rings is 1. The van der Waals surface area contributed by atoms with Crippen molar-refractivity contribution in [1.82, 2.24) is 4.90 Å². The van der Waals surface area contributed by atoms with Crippen LogP contribution in [-0.2, 0) is 0 Å². The van der Waals surface area contributed by atoms with Crippen molar-refractivity contribution in [3.63, 3.8) is 0 Å². The predicted octanol–water partition coefficient (Wildman–Crippen LogP) is 1.10. The summed E-state index contributed by atoms with van der Waals surface area (Å²) < 4.78 is 0. The molecule has 1 rings (SSSR count). The van der Waals surface area contributed by atoms with E-state index in [0.717, 1.165) is 17.8 Å². The van der Waals surface area contributed by atoms with Gasteiger partial charge in [0, 0.05) is 18.0 Å². The molecule has 0 aliphatic rings. The van der Waals surface area contributed by atoms with Crippen molar-refractivity contribution in [3.05, 3.63) is 22.4 Å². The van der Waals surface area contributed by atoms with Crippen LogP contribution >= 0.6 is 11.3 Å². The average molecular weight is 215 g/mol. The Kier molecular flexibility index (Phi) is 5.11. The van der Waals surface area contributed by atoms with E-state index in [1.54, 1.807) is 11.3 Å². The zero-order valence-corrected chi connectivity index (χ0v) is 9.20. The molecular weight excluding hydrogens is 198 g/mol. The van der Waals surface area contributed by atoms with E-state index in [1.807, 2.05) is 29.5 Å². The highest BCUT2D eigenvalue weighted by molar-refractivity contribution is 7.10. The Balaban J connectivity index is 2.24. The Morgan fingerprint density at radius 2 is 2.29 bits per heavy atom. The van der Waals surface area contributed by atoms with Crippen molar-refractivity contribution in [2.24, 2.45) is 0 Å². The molecule has 0 bridgehead atoms. The molecule has 0 radical (unpaired) electrons. The second-order valence-corrected chi connectivity index (χ2v) is 4.33. The predicted molar refractivity (Wildman–Crippen MR) is 58.5 cm³/mol. The van der Waals surface area contributed by atoms with E-state index in [1.165, 1.54) is 0 Å². The first-order valence-electron chi connectivity index (χ1n) is 4.75. The zero-order chi connectivity index (χ0) is 10.4. The molecular formula is C10H17NO2S. The second-order valence-electron chi connectivity index (χ2n) is 3.35. The standard InChI is InChI=1S/C10H17NO2S/c1-11(6-7-12)5-4-9(13)10-3-2-8-14-10/h2-3,8-9,12-13H,4-7H2,1H3. The molecule has 1 aromatic heterocycles. The molecule has 2 N–H and O–H groups in total. The molecule has 4 heteroatoms. The van der Waals surface area contributed by atoms with E-state index in [9.17, 15) is 5.11 Å². The lowest BCUT2D eigenvalue weighted by Gasteiger charge is -2.16. The Morgan fingerprint density at radius 1 is 1.50 bits per heavy atom. The van der Waals surface area contributed by atoms with Gasteiger partial charge in [-0.2, -0.15) is 0 Å². The number of rotatable bonds is 6. The van der Waals surface area contributed by atoms with Gasteiger partial charge in [0.05, 0.1) is 12.7 Å². The van der Waals surface area contributed by atoms with Gasteiger partial charge in [-0.25, -0.2) is 0 Å². The van der Waals surface area contributed by atoms with Crippen molar-refractivity contribution in [1.29, 1.82) is 0 Å². The normalized spacial score (nSPS) is 13.4. The molecule has 0 aromatic carbocycles. The largest absolute Gasteiger partial charge is 0.395 e. The first-order chi connectivity index (χ1) is 6.74.